The maximum atomic E-state index is 5.82. The zero-order valence-electron chi connectivity index (χ0n) is 29.1. The molecule has 0 aliphatic carbocycles. The van der Waals surface area contributed by atoms with Gasteiger partial charge in [-0.25, -0.2) is 0 Å². The third-order valence-corrected chi connectivity index (χ3v) is 20.3. The molecular formula is C48H38N2Si2. The summed E-state index contributed by atoms with van der Waals surface area (Å²) < 4.78 is 2.32. The smallest absolute Gasteiger partial charge is 0.201 e. The molecule has 9 rings (SSSR count). The maximum absolute atomic E-state index is 5.82. The minimum Gasteiger partial charge on any atom is -0.342 e. The normalized spacial score (nSPS) is 11.9. The van der Waals surface area contributed by atoms with E-state index in [-0.39, 0.29) is 0 Å². The van der Waals surface area contributed by atoms with Crippen LogP contribution >= 0.6 is 0 Å². The molecule has 0 fully saturated rings. The van der Waals surface area contributed by atoms with Crippen LogP contribution in [-0.4, -0.2) is 25.7 Å². The lowest BCUT2D eigenvalue weighted by Gasteiger charge is -2.34. The Morgan fingerprint density at radius 1 is 0.346 bits per heavy atom. The van der Waals surface area contributed by atoms with Crippen molar-refractivity contribution in [2.45, 2.75) is 0 Å². The zero-order valence-corrected chi connectivity index (χ0v) is 31.1. The number of benzene rings is 7. The predicted molar refractivity (Wildman–Crippen MR) is 225 cm³/mol. The van der Waals surface area contributed by atoms with Crippen LogP contribution in [-0.2, 0) is 7.05 Å². The van der Waals surface area contributed by atoms with Crippen molar-refractivity contribution in [3.05, 3.63) is 212 Å². The first-order valence-electron chi connectivity index (χ1n) is 18.0. The van der Waals surface area contributed by atoms with Gasteiger partial charge in [-0.1, -0.05) is 194 Å². The van der Waals surface area contributed by atoms with E-state index in [1.54, 1.807) is 0 Å². The standard InChI is InChI=1S/C48H38N2Si2/c1-50-45-33-32-43(51(37-20-8-2-9-21-37,38-22-10-3-11-23-38)39-24-12-4-13-25-39)36-44(45)48-46(50)34-35-47(49-48)52(40-26-14-5-15-27-40,41-28-16-6-17-29-41)42-30-18-7-19-31-42/h2-36H,1H3. The van der Waals surface area contributed by atoms with Crippen LogP contribution in [0.2, 0.25) is 0 Å². The van der Waals surface area contributed by atoms with Crippen LogP contribution in [0.15, 0.2) is 212 Å². The lowest BCUT2D eigenvalue weighted by molar-refractivity contribution is 1.01. The highest BCUT2D eigenvalue weighted by Crippen LogP contribution is 2.27. The Labute approximate surface area is 307 Å². The number of hydrogen-bond donors (Lipinski definition) is 0. The fourth-order valence-electron chi connectivity index (χ4n) is 8.58. The summed E-state index contributed by atoms with van der Waals surface area (Å²) in [6, 6.07) is 78.5. The summed E-state index contributed by atoms with van der Waals surface area (Å²) in [5, 5.41) is 11.7. The van der Waals surface area contributed by atoms with E-state index in [4.69, 9.17) is 4.98 Å². The number of nitrogens with zero attached hydrogens (tertiary/aromatic N) is 2. The molecule has 9 aromatic rings. The molecule has 2 heterocycles. The Balaban J connectivity index is 1.38. The van der Waals surface area contributed by atoms with E-state index in [1.807, 2.05) is 0 Å². The first-order valence-corrected chi connectivity index (χ1v) is 22.0. The number of fused-ring (bicyclic) bond motifs is 3. The molecule has 0 N–H and O–H groups in total. The highest BCUT2D eigenvalue weighted by atomic mass is 28.3. The minimum atomic E-state index is -2.82. The molecule has 0 unspecified atom stereocenters. The van der Waals surface area contributed by atoms with Crippen LogP contribution in [0.5, 0.6) is 0 Å². The third-order valence-electron chi connectivity index (χ3n) is 10.9. The molecule has 2 nitrogen and oxygen atoms in total. The summed E-state index contributed by atoms with van der Waals surface area (Å²) in [6.45, 7) is 0. The second-order valence-corrected chi connectivity index (χ2v) is 21.1. The van der Waals surface area contributed by atoms with Gasteiger partial charge >= 0.3 is 0 Å². The highest BCUT2D eigenvalue weighted by Gasteiger charge is 2.44. The van der Waals surface area contributed by atoms with Crippen LogP contribution in [0.4, 0.5) is 0 Å². The Hall–Kier alpha value is -6.08. The van der Waals surface area contributed by atoms with Gasteiger partial charge in [-0.15, -0.1) is 0 Å². The molecule has 0 saturated heterocycles. The van der Waals surface area contributed by atoms with Crippen LogP contribution in [0.25, 0.3) is 21.9 Å². The van der Waals surface area contributed by atoms with Gasteiger partial charge in [0.25, 0.3) is 0 Å². The van der Waals surface area contributed by atoms with E-state index in [0.717, 1.165) is 16.4 Å². The molecule has 0 radical (unpaired) electrons. The van der Waals surface area contributed by atoms with Crippen molar-refractivity contribution in [2.75, 3.05) is 0 Å². The summed E-state index contributed by atoms with van der Waals surface area (Å²) in [5.74, 6) is 0. The van der Waals surface area contributed by atoms with E-state index in [0.29, 0.717) is 0 Å². The largest absolute Gasteiger partial charge is 0.342 e. The van der Waals surface area contributed by atoms with Crippen molar-refractivity contribution in [3.8, 4) is 0 Å². The summed E-state index contributed by atoms with van der Waals surface area (Å²) in [6.07, 6.45) is 0. The summed E-state index contributed by atoms with van der Waals surface area (Å²) in [4.78, 5) is 5.82. The van der Waals surface area contributed by atoms with E-state index in [9.17, 15) is 0 Å². The van der Waals surface area contributed by atoms with Crippen LogP contribution in [0.1, 0.15) is 0 Å². The van der Waals surface area contributed by atoms with Crippen molar-refractivity contribution in [2.24, 2.45) is 7.05 Å². The van der Waals surface area contributed by atoms with Gasteiger partial charge in [-0.05, 0) is 54.5 Å². The van der Waals surface area contributed by atoms with Gasteiger partial charge in [0.2, 0.25) is 8.07 Å². The maximum Gasteiger partial charge on any atom is 0.201 e. The van der Waals surface area contributed by atoms with Crippen molar-refractivity contribution in [3.63, 3.8) is 0 Å². The monoisotopic (exact) mass is 698 g/mol. The van der Waals surface area contributed by atoms with Gasteiger partial charge in [0.1, 0.15) is 0 Å². The second kappa shape index (κ2) is 13.2. The fourth-order valence-corrected chi connectivity index (χ4v) is 17.9. The van der Waals surface area contributed by atoms with Crippen molar-refractivity contribution in [1.29, 1.82) is 0 Å². The summed E-state index contributed by atoms with van der Waals surface area (Å²) in [5.41, 5.74) is 3.37. The van der Waals surface area contributed by atoms with E-state index < -0.39 is 16.1 Å². The average molecular weight is 699 g/mol. The lowest BCUT2D eigenvalue weighted by Crippen LogP contribution is -2.75. The Kier molecular flexibility index (Phi) is 8.11. The number of hydrogen-bond acceptors (Lipinski definition) is 1. The molecule has 0 atom stereocenters. The van der Waals surface area contributed by atoms with Crippen molar-refractivity contribution >= 4 is 79.7 Å². The van der Waals surface area contributed by atoms with E-state index in [2.05, 4.69) is 224 Å². The van der Waals surface area contributed by atoms with Crippen LogP contribution in [0, 0.1) is 0 Å². The molecule has 0 aliphatic heterocycles. The molecule has 0 amide bonds. The number of aryl methyl sites for hydroxylation is 1. The van der Waals surface area contributed by atoms with Gasteiger partial charge < -0.3 is 4.57 Å². The first-order chi connectivity index (χ1) is 25.7. The molecule has 7 aromatic carbocycles. The molecule has 4 heteroatoms. The first kappa shape index (κ1) is 31.9. The average Bonchev–Trinajstić information content (AvgIpc) is 3.51. The van der Waals surface area contributed by atoms with Gasteiger partial charge in [-0.3, -0.25) is 4.98 Å². The van der Waals surface area contributed by atoms with Gasteiger partial charge in [0.15, 0.2) is 8.07 Å². The number of aromatic nitrogens is 2. The Bertz CT molecular complexity index is 2230. The molecule has 0 bridgehead atoms. The van der Waals surface area contributed by atoms with Crippen LogP contribution < -0.4 is 41.6 Å². The van der Waals surface area contributed by atoms with Gasteiger partial charge in [0.05, 0.1) is 16.6 Å². The minimum absolute atomic E-state index is 1.05. The van der Waals surface area contributed by atoms with E-state index >= 15 is 0 Å². The topological polar surface area (TPSA) is 17.8 Å². The molecule has 0 saturated carbocycles. The van der Waals surface area contributed by atoms with Gasteiger partial charge in [-0.2, -0.15) is 0 Å². The zero-order chi connectivity index (χ0) is 35.0. The lowest BCUT2D eigenvalue weighted by atomic mass is 10.2. The SMILES string of the molecule is Cn1c2ccc([Si](c3ccccc3)(c3ccccc3)c3ccccc3)cc2c2nc([Si](c3ccccc3)(c3ccccc3)c3ccccc3)ccc21. The summed E-state index contributed by atoms with van der Waals surface area (Å²) >= 11 is 0. The second-order valence-electron chi connectivity index (χ2n) is 13.6. The summed E-state index contributed by atoms with van der Waals surface area (Å²) in [7, 11) is -3.37. The number of pyridine rings is 1. The van der Waals surface area contributed by atoms with Crippen molar-refractivity contribution < 1.29 is 0 Å². The third kappa shape index (κ3) is 4.95. The predicted octanol–water partition coefficient (Wildman–Crippen LogP) is 5.48. The van der Waals surface area contributed by atoms with Gasteiger partial charge in [0, 0.05) is 17.8 Å². The Morgan fingerprint density at radius 2 is 0.692 bits per heavy atom. The molecular weight excluding hydrogens is 661 g/mol. The molecule has 52 heavy (non-hydrogen) atoms. The molecule has 0 aliphatic rings. The quantitative estimate of drug-likeness (QED) is 0.152. The fraction of sp³-hybridized carbons (Fsp3) is 0.0208. The highest BCUT2D eigenvalue weighted by molar-refractivity contribution is 7.20. The van der Waals surface area contributed by atoms with Crippen molar-refractivity contribution in [1.82, 2.24) is 9.55 Å². The van der Waals surface area contributed by atoms with Crippen LogP contribution in [0.3, 0.4) is 0 Å². The molecule has 0 spiro atoms. The Morgan fingerprint density at radius 3 is 1.08 bits per heavy atom. The molecule has 2 aromatic heterocycles. The van der Waals surface area contributed by atoms with E-state index in [1.165, 1.54) is 47.2 Å². The number of rotatable bonds is 8. The molecule has 248 valence electrons.